The largest absolute Gasteiger partial charge is 0.421 e. The highest BCUT2D eigenvalue weighted by atomic mass is 32.2. The fraction of sp³-hybridized carbons (Fsp3) is 0.524. The fourth-order valence-electron chi connectivity index (χ4n) is 3.60. The summed E-state index contributed by atoms with van der Waals surface area (Å²) in [6.45, 7) is 1.23. The number of anilines is 3. The van der Waals surface area contributed by atoms with Crippen LogP contribution >= 0.6 is 0 Å². The first-order valence-electron chi connectivity index (χ1n) is 11.4. The molecule has 210 valence electrons. The van der Waals surface area contributed by atoms with Gasteiger partial charge in [0.1, 0.15) is 23.6 Å². The third-order valence-corrected chi connectivity index (χ3v) is 6.86. The number of alkyl halides is 6. The van der Waals surface area contributed by atoms with Gasteiger partial charge in [-0.2, -0.15) is 31.3 Å². The van der Waals surface area contributed by atoms with Gasteiger partial charge in [-0.1, -0.05) is 6.07 Å². The predicted octanol–water partition coefficient (Wildman–Crippen LogP) is 3.62. The quantitative estimate of drug-likeness (QED) is 0.391. The number of sulfonamides is 1. The van der Waals surface area contributed by atoms with Gasteiger partial charge in [-0.05, 0) is 25.8 Å². The van der Waals surface area contributed by atoms with Crippen molar-refractivity contribution < 1.29 is 39.6 Å². The van der Waals surface area contributed by atoms with Gasteiger partial charge in [0.2, 0.25) is 21.9 Å². The SMILES string of the molecule is CCS(=O)(=O)Nc1ncccc1CNc1nc(NC2CCN(C(=O)CC(F)(F)F)CC2)ncc1C(F)(F)F. The van der Waals surface area contributed by atoms with Gasteiger partial charge >= 0.3 is 12.4 Å². The van der Waals surface area contributed by atoms with Gasteiger partial charge in [-0.15, -0.1) is 0 Å². The van der Waals surface area contributed by atoms with E-state index >= 15 is 0 Å². The van der Waals surface area contributed by atoms with Crippen molar-refractivity contribution in [3.63, 3.8) is 0 Å². The number of hydrogen-bond acceptors (Lipinski definition) is 8. The number of likely N-dealkylation sites (tertiary alicyclic amines) is 1. The molecule has 0 atom stereocenters. The van der Waals surface area contributed by atoms with E-state index in [9.17, 15) is 39.6 Å². The van der Waals surface area contributed by atoms with Crippen molar-refractivity contribution in [3.05, 3.63) is 35.7 Å². The second kappa shape index (κ2) is 11.6. The monoisotopic (exact) mass is 569 g/mol. The lowest BCUT2D eigenvalue weighted by molar-refractivity contribution is -0.162. The van der Waals surface area contributed by atoms with Crippen LogP contribution in [-0.2, 0) is 27.5 Å². The molecule has 10 nitrogen and oxygen atoms in total. The van der Waals surface area contributed by atoms with Crippen molar-refractivity contribution in [2.75, 3.05) is 34.2 Å². The normalized spacial score (nSPS) is 15.3. The maximum absolute atomic E-state index is 13.6. The van der Waals surface area contributed by atoms with E-state index in [-0.39, 0.29) is 61.6 Å². The number of nitrogens with one attached hydrogen (secondary N) is 3. The number of hydrogen-bond donors (Lipinski definition) is 3. The van der Waals surface area contributed by atoms with Crippen LogP contribution in [0.3, 0.4) is 0 Å². The van der Waals surface area contributed by atoms with E-state index in [0.717, 1.165) is 4.90 Å². The number of carbonyl (C=O) groups excluding carboxylic acids is 1. The average molecular weight is 570 g/mol. The molecule has 17 heteroatoms. The minimum Gasteiger partial charge on any atom is -0.365 e. The first-order valence-corrected chi connectivity index (χ1v) is 13.1. The molecule has 0 aromatic carbocycles. The minimum absolute atomic E-state index is 0.0375. The fourth-order valence-corrected chi connectivity index (χ4v) is 4.23. The van der Waals surface area contributed by atoms with Crippen molar-refractivity contribution in [1.29, 1.82) is 0 Å². The van der Waals surface area contributed by atoms with Crippen molar-refractivity contribution >= 4 is 33.5 Å². The Labute approximate surface area is 214 Å². The summed E-state index contributed by atoms with van der Waals surface area (Å²) >= 11 is 0. The molecule has 1 amide bonds. The van der Waals surface area contributed by atoms with Gasteiger partial charge in [0.05, 0.1) is 5.75 Å². The number of nitrogens with zero attached hydrogens (tertiary/aromatic N) is 4. The molecular weight excluding hydrogens is 544 g/mol. The molecule has 3 heterocycles. The number of rotatable bonds is 9. The zero-order valence-corrected chi connectivity index (χ0v) is 20.8. The van der Waals surface area contributed by atoms with Crippen LogP contribution in [0, 0.1) is 0 Å². The smallest absolute Gasteiger partial charge is 0.365 e. The highest BCUT2D eigenvalue weighted by molar-refractivity contribution is 7.92. The molecule has 38 heavy (non-hydrogen) atoms. The van der Waals surface area contributed by atoms with Crippen molar-refractivity contribution in [2.24, 2.45) is 0 Å². The molecule has 3 N–H and O–H groups in total. The molecule has 0 bridgehead atoms. The maximum Gasteiger partial charge on any atom is 0.421 e. The summed E-state index contributed by atoms with van der Waals surface area (Å²) in [7, 11) is -3.69. The molecule has 1 saturated heterocycles. The summed E-state index contributed by atoms with van der Waals surface area (Å²) in [6.07, 6.45) is -8.56. The summed E-state index contributed by atoms with van der Waals surface area (Å²) in [5.41, 5.74) is -0.892. The lowest BCUT2D eigenvalue weighted by Crippen LogP contribution is -2.43. The first-order chi connectivity index (χ1) is 17.7. The van der Waals surface area contributed by atoms with Crippen molar-refractivity contribution in [1.82, 2.24) is 19.9 Å². The lowest BCUT2D eigenvalue weighted by Gasteiger charge is -2.32. The van der Waals surface area contributed by atoms with E-state index in [4.69, 9.17) is 0 Å². The Bertz CT molecular complexity index is 1230. The van der Waals surface area contributed by atoms with Gasteiger partial charge in [-0.3, -0.25) is 9.52 Å². The molecule has 1 aliphatic heterocycles. The van der Waals surface area contributed by atoms with E-state index in [1.54, 1.807) is 0 Å². The van der Waals surface area contributed by atoms with Gasteiger partial charge in [0.15, 0.2) is 0 Å². The van der Waals surface area contributed by atoms with Crippen LogP contribution in [0.15, 0.2) is 24.5 Å². The molecule has 1 fully saturated rings. The summed E-state index contributed by atoms with van der Waals surface area (Å²) in [5.74, 6) is -2.04. The second-order valence-electron chi connectivity index (χ2n) is 8.42. The van der Waals surface area contributed by atoms with E-state index in [1.807, 2.05) is 0 Å². The number of amides is 1. The molecule has 0 radical (unpaired) electrons. The number of halogens is 6. The van der Waals surface area contributed by atoms with E-state index in [0.29, 0.717) is 6.20 Å². The minimum atomic E-state index is -4.80. The molecular formula is C21H25F6N7O3S. The third-order valence-electron chi connectivity index (χ3n) is 5.60. The molecule has 2 aromatic rings. The zero-order chi connectivity index (χ0) is 28.1. The molecule has 0 saturated carbocycles. The standard InChI is InChI=1S/C21H25F6N7O3S/c1-2-38(36,37)33-17-13(4-3-7-28-17)11-29-18-15(21(25,26)27)12-30-19(32-18)31-14-5-8-34(9-6-14)16(35)10-20(22,23)24/h3-4,7,12,14H,2,5-6,8-11H2,1H3,(H,28,33)(H2,29,30,31,32). The number of carbonyl (C=O) groups is 1. The highest BCUT2D eigenvalue weighted by Gasteiger charge is 2.36. The average Bonchev–Trinajstić information content (AvgIpc) is 2.82. The summed E-state index contributed by atoms with van der Waals surface area (Å²) in [6, 6.07) is 2.59. The number of piperidine rings is 1. The van der Waals surface area contributed by atoms with Crippen molar-refractivity contribution in [3.8, 4) is 0 Å². The van der Waals surface area contributed by atoms with Crippen LogP contribution < -0.4 is 15.4 Å². The summed E-state index contributed by atoms with van der Waals surface area (Å²) < 4.78 is 104. The Balaban J connectivity index is 1.71. The Morgan fingerprint density at radius 1 is 1.11 bits per heavy atom. The topological polar surface area (TPSA) is 129 Å². The van der Waals surface area contributed by atoms with Gasteiger partial charge < -0.3 is 15.5 Å². The predicted molar refractivity (Wildman–Crippen MR) is 126 cm³/mol. The second-order valence-corrected chi connectivity index (χ2v) is 10.4. The number of aromatic nitrogens is 3. The molecule has 2 aromatic heterocycles. The molecule has 0 aliphatic carbocycles. The summed E-state index contributed by atoms with van der Waals surface area (Å²) in [4.78, 5) is 24.4. The highest BCUT2D eigenvalue weighted by Crippen LogP contribution is 2.34. The molecule has 0 unspecified atom stereocenters. The summed E-state index contributed by atoms with van der Waals surface area (Å²) in [5, 5.41) is 5.42. The van der Waals surface area contributed by atoms with Gasteiger partial charge in [0, 0.05) is 43.6 Å². The Morgan fingerprint density at radius 2 is 1.79 bits per heavy atom. The zero-order valence-electron chi connectivity index (χ0n) is 20.0. The van der Waals surface area contributed by atoms with Crippen LogP contribution in [0.4, 0.5) is 43.9 Å². The van der Waals surface area contributed by atoms with Crippen LogP contribution in [0.1, 0.15) is 37.3 Å². The molecule has 3 rings (SSSR count). The lowest BCUT2D eigenvalue weighted by atomic mass is 10.0. The van der Waals surface area contributed by atoms with Crippen LogP contribution in [0.2, 0.25) is 0 Å². The van der Waals surface area contributed by atoms with E-state index in [1.165, 1.54) is 25.3 Å². The molecule has 0 spiro atoms. The van der Waals surface area contributed by atoms with E-state index < -0.39 is 46.1 Å². The van der Waals surface area contributed by atoms with Gasteiger partial charge in [-0.25, -0.2) is 18.4 Å². The van der Waals surface area contributed by atoms with Crippen molar-refractivity contribution in [2.45, 2.75) is 51.1 Å². The number of pyridine rings is 1. The Morgan fingerprint density at radius 3 is 2.39 bits per heavy atom. The van der Waals surface area contributed by atoms with Gasteiger partial charge in [0.25, 0.3) is 0 Å². The third kappa shape index (κ3) is 8.32. The Kier molecular flexibility index (Phi) is 8.89. The van der Waals surface area contributed by atoms with Crippen LogP contribution in [-0.4, -0.2) is 65.2 Å². The van der Waals surface area contributed by atoms with Crippen LogP contribution in [0.25, 0.3) is 0 Å². The van der Waals surface area contributed by atoms with E-state index in [2.05, 4.69) is 30.3 Å². The maximum atomic E-state index is 13.6. The molecule has 1 aliphatic rings. The van der Waals surface area contributed by atoms with Crippen LogP contribution in [0.5, 0.6) is 0 Å². The first kappa shape index (κ1) is 29.2. The Hall–Kier alpha value is -3.37.